The van der Waals surface area contributed by atoms with Crippen molar-refractivity contribution in [1.29, 1.82) is 0 Å². The van der Waals surface area contributed by atoms with E-state index in [0.29, 0.717) is 31.8 Å². The van der Waals surface area contributed by atoms with Crippen LogP contribution in [0.15, 0.2) is 24.3 Å². The van der Waals surface area contributed by atoms with Crippen molar-refractivity contribution in [3.63, 3.8) is 0 Å². The van der Waals surface area contributed by atoms with E-state index < -0.39 is 0 Å². The van der Waals surface area contributed by atoms with E-state index in [2.05, 4.69) is 22.8 Å². The fraction of sp³-hybridized carbons (Fsp3) is 0.579. The molecule has 0 aromatic heterocycles. The Labute approximate surface area is 148 Å². The molecule has 0 radical (unpaired) electrons. The molecule has 6 nitrogen and oxygen atoms in total. The number of hydrogen-bond donors (Lipinski definition) is 2. The highest BCUT2D eigenvalue weighted by atomic mass is 16.7. The average Bonchev–Trinajstić information content (AvgIpc) is 2.63. The number of anilines is 1. The van der Waals surface area contributed by atoms with Crippen LogP contribution in [0, 0.1) is 5.92 Å². The lowest BCUT2D eigenvalue weighted by atomic mass is 9.90. The fourth-order valence-electron chi connectivity index (χ4n) is 3.63. The Balaban J connectivity index is 1.49. The van der Waals surface area contributed by atoms with Gasteiger partial charge in [0.15, 0.2) is 0 Å². The molecule has 0 saturated carbocycles. The minimum atomic E-state index is -0.309. The van der Waals surface area contributed by atoms with Gasteiger partial charge in [0.05, 0.1) is 0 Å². The number of nitrogens with zero attached hydrogens (tertiary/aromatic N) is 1. The Morgan fingerprint density at radius 1 is 1.08 bits per heavy atom. The van der Waals surface area contributed by atoms with Crippen LogP contribution in [-0.4, -0.2) is 43.1 Å². The molecule has 1 amide bonds. The van der Waals surface area contributed by atoms with Gasteiger partial charge < -0.3 is 15.5 Å². The molecule has 25 heavy (non-hydrogen) atoms. The van der Waals surface area contributed by atoms with E-state index in [1.165, 1.54) is 25.3 Å². The van der Waals surface area contributed by atoms with Crippen molar-refractivity contribution in [2.45, 2.75) is 38.5 Å². The predicted molar refractivity (Wildman–Crippen MR) is 96.0 cm³/mol. The third-order valence-corrected chi connectivity index (χ3v) is 5.07. The van der Waals surface area contributed by atoms with E-state index in [9.17, 15) is 9.59 Å². The average molecular weight is 345 g/mol. The van der Waals surface area contributed by atoms with E-state index in [1.54, 1.807) is 5.06 Å². The maximum Gasteiger partial charge on any atom is 0.322 e. The van der Waals surface area contributed by atoms with Crippen LogP contribution >= 0.6 is 0 Å². The Bertz CT molecular complexity index is 588. The summed E-state index contributed by atoms with van der Waals surface area (Å²) in [5, 5.41) is 8.04. The number of benzene rings is 1. The third-order valence-electron chi connectivity index (χ3n) is 5.07. The molecular weight excluding hydrogens is 318 g/mol. The number of hydroxylamine groups is 2. The van der Waals surface area contributed by atoms with Crippen LogP contribution in [0.3, 0.4) is 0 Å². The van der Waals surface area contributed by atoms with Crippen LogP contribution in [0.5, 0.6) is 0 Å². The number of amides is 1. The van der Waals surface area contributed by atoms with Gasteiger partial charge in [0.25, 0.3) is 0 Å². The van der Waals surface area contributed by atoms with Crippen molar-refractivity contribution >= 4 is 17.6 Å². The number of rotatable bonds is 4. The van der Waals surface area contributed by atoms with Gasteiger partial charge in [-0.15, -0.1) is 5.06 Å². The van der Waals surface area contributed by atoms with Gasteiger partial charge in [-0.05, 0) is 62.4 Å². The summed E-state index contributed by atoms with van der Waals surface area (Å²) in [6.45, 7) is 4.76. The first-order valence-corrected chi connectivity index (χ1v) is 9.17. The van der Waals surface area contributed by atoms with Crippen LogP contribution in [-0.2, 0) is 14.4 Å². The van der Waals surface area contributed by atoms with Crippen molar-refractivity contribution in [3.8, 4) is 0 Å². The third kappa shape index (κ3) is 5.03. The largest absolute Gasteiger partial charge is 0.368 e. The van der Waals surface area contributed by atoms with Gasteiger partial charge in [0.2, 0.25) is 5.91 Å². The van der Waals surface area contributed by atoms with Crippen LogP contribution < -0.4 is 10.6 Å². The molecule has 0 unspecified atom stereocenters. The molecular formula is C19H27N3O3. The molecule has 0 spiro atoms. The van der Waals surface area contributed by atoms with Gasteiger partial charge >= 0.3 is 5.97 Å². The van der Waals surface area contributed by atoms with Gasteiger partial charge in [-0.2, -0.15) is 0 Å². The van der Waals surface area contributed by atoms with Crippen LogP contribution in [0.2, 0.25) is 0 Å². The molecule has 2 fully saturated rings. The molecule has 0 atom stereocenters. The first kappa shape index (κ1) is 17.9. The van der Waals surface area contributed by atoms with Gasteiger partial charge in [0.1, 0.15) is 0 Å². The van der Waals surface area contributed by atoms with Crippen molar-refractivity contribution < 1.29 is 14.4 Å². The normalized spacial score (nSPS) is 20.2. The van der Waals surface area contributed by atoms with Crippen molar-refractivity contribution in [2.24, 2.45) is 5.92 Å². The van der Waals surface area contributed by atoms with Crippen LogP contribution in [0.25, 0.3) is 0 Å². The van der Waals surface area contributed by atoms with Crippen LogP contribution in [0.1, 0.15) is 44.1 Å². The monoisotopic (exact) mass is 345 g/mol. The molecule has 0 bridgehead atoms. The summed E-state index contributed by atoms with van der Waals surface area (Å²) < 4.78 is 0. The number of nitrogens with one attached hydrogen (secondary N) is 2. The molecule has 6 heteroatoms. The zero-order valence-electron chi connectivity index (χ0n) is 14.8. The van der Waals surface area contributed by atoms with Crippen molar-refractivity contribution in [3.05, 3.63) is 29.8 Å². The topological polar surface area (TPSA) is 70.7 Å². The van der Waals surface area contributed by atoms with Crippen LogP contribution in [0.4, 0.5) is 5.69 Å². The van der Waals surface area contributed by atoms with Crippen molar-refractivity contribution in [2.75, 3.05) is 31.5 Å². The van der Waals surface area contributed by atoms with Gasteiger partial charge in [-0.25, -0.2) is 0 Å². The number of piperidine rings is 2. The molecule has 1 aromatic carbocycles. The van der Waals surface area contributed by atoms with E-state index in [0.717, 1.165) is 18.8 Å². The molecule has 2 aliphatic rings. The minimum Gasteiger partial charge on any atom is -0.368 e. The Hall–Kier alpha value is -1.92. The van der Waals surface area contributed by atoms with Gasteiger partial charge in [-0.1, -0.05) is 12.1 Å². The molecule has 2 aliphatic heterocycles. The summed E-state index contributed by atoms with van der Waals surface area (Å²) in [6, 6.07) is 8.27. The molecule has 2 heterocycles. The zero-order chi connectivity index (χ0) is 17.6. The van der Waals surface area contributed by atoms with E-state index in [-0.39, 0.29) is 17.8 Å². The fourth-order valence-corrected chi connectivity index (χ4v) is 3.63. The second kappa shape index (κ2) is 8.45. The Morgan fingerprint density at radius 3 is 2.32 bits per heavy atom. The highest BCUT2D eigenvalue weighted by molar-refractivity contribution is 5.92. The lowest BCUT2D eigenvalue weighted by molar-refractivity contribution is -0.193. The quantitative estimate of drug-likeness (QED) is 0.876. The minimum absolute atomic E-state index is 0.0316. The molecule has 3 rings (SSSR count). The molecule has 136 valence electrons. The number of carbonyl (C=O) groups is 2. The highest BCUT2D eigenvalue weighted by Gasteiger charge is 2.26. The molecule has 2 saturated heterocycles. The lowest BCUT2D eigenvalue weighted by Gasteiger charge is -2.29. The summed E-state index contributed by atoms with van der Waals surface area (Å²) in [7, 11) is 0. The zero-order valence-corrected chi connectivity index (χ0v) is 14.8. The highest BCUT2D eigenvalue weighted by Crippen LogP contribution is 2.26. The molecule has 0 aliphatic carbocycles. The van der Waals surface area contributed by atoms with Crippen molar-refractivity contribution in [1.82, 2.24) is 10.4 Å². The van der Waals surface area contributed by atoms with E-state index >= 15 is 0 Å². The number of hydrogen-bond acceptors (Lipinski definition) is 5. The second-order valence-electron chi connectivity index (χ2n) is 6.92. The SMILES string of the molecule is CC(=O)ON1CCC(C(=O)Nc2ccc(C3CCNCC3)cc2)CC1. The summed E-state index contributed by atoms with van der Waals surface area (Å²) in [4.78, 5) is 28.5. The summed E-state index contributed by atoms with van der Waals surface area (Å²) in [5.74, 6) is 0.335. The maximum absolute atomic E-state index is 12.4. The predicted octanol–water partition coefficient (Wildman–Crippen LogP) is 2.28. The molecule has 1 aromatic rings. The maximum atomic E-state index is 12.4. The summed E-state index contributed by atoms with van der Waals surface area (Å²) in [6.07, 6.45) is 3.75. The lowest BCUT2D eigenvalue weighted by Crippen LogP contribution is -2.38. The standard InChI is InChI=1S/C19H27N3O3/c1-14(23)25-22-12-8-17(9-13-22)19(24)21-18-4-2-15(3-5-18)16-6-10-20-11-7-16/h2-5,16-17,20H,6-13H2,1H3,(H,21,24). The Kier molecular flexibility index (Phi) is 6.04. The van der Waals surface area contributed by atoms with E-state index in [4.69, 9.17) is 4.84 Å². The second-order valence-corrected chi connectivity index (χ2v) is 6.92. The Morgan fingerprint density at radius 2 is 1.72 bits per heavy atom. The first-order valence-electron chi connectivity index (χ1n) is 9.17. The first-order chi connectivity index (χ1) is 12.1. The smallest absolute Gasteiger partial charge is 0.322 e. The van der Waals surface area contributed by atoms with Gasteiger partial charge in [0, 0.05) is 31.6 Å². The van der Waals surface area contributed by atoms with Gasteiger partial charge in [-0.3, -0.25) is 9.59 Å². The summed E-state index contributed by atoms with van der Waals surface area (Å²) >= 11 is 0. The van der Waals surface area contributed by atoms with E-state index in [1.807, 2.05) is 12.1 Å². The summed E-state index contributed by atoms with van der Waals surface area (Å²) in [5.41, 5.74) is 2.21. The number of carbonyl (C=O) groups excluding carboxylic acids is 2. The molecule has 2 N–H and O–H groups in total.